The van der Waals surface area contributed by atoms with Gasteiger partial charge in [-0.15, -0.1) is 0 Å². The van der Waals surface area contributed by atoms with Crippen molar-refractivity contribution in [3.05, 3.63) is 35.4 Å². The van der Waals surface area contributed by atoms with Gasteiger partial charge in [0.2, 0.25) is 5.91 Å². The zero-order valence-electron chi connectivity index (χ0n) is 12.9. The van der Waals surface area contributed by atoms with Crippen LogP contribution < -0.4 is 5.32 Å². The lowest BCUT2D eigenvalue weighted by Crippen LogP contribution is -2.34. The number of nitrogens with zero attached hydrogens (tertiary/aromatic N) is 1. The highest BCUT2D eigenvalue weighted by Gasteiger charge is 2.33. The smallest absolute Gasteiger partial charge is 0.221 e. The van der Waals surface area contributed by atoms with Gasteiger partial charge in [0.05, 0.1) is 6.10 Å². The SMILES string of the molecule is CC(C)NC(=O)CCN1CC(O)CC1c1cc(F)ccc1F. The zero-order chi connectivity index (χ0) is 16.3. The van der Waals surface area contributed by atoms with Crippen LogP contribution in [0.25, 0.3) is 0 Å². The van der Waals surface area contributed by atoms with Crippen molar-refractivity contribution in [2.24, 2.45) is 0 Å². The van der Waals surface area contributed by atoms with E-state index in [9.17, 15) is 18.7 Å². The summed E-state index contributed by atoms with van der Waals surface area (Å²) in [6.45, 7) is 4.51. The molecule has 6 heteroatoms. The van der Waals surface area contributed by atoms with Gasteiger partial charge in [-0.05, 0) is 38.5 Å². The fraction of sp³-hybridized carbons (Fsp3) is 0.562. The van der Waals surface area contributed by atoms with E-state index in [0.29, 0.717) is 19.5 Å². The number of aliphatic hydroxyl groups is 1. The molecule has 0 aromatic heterocycles. The minimum absolute atomic E-state index is 0.0631. The number of hydrogen-bond acceptors (Lipinski definition) is 3. The van der Waals surface area contributed by atoms with Crippen molar-refractivity contribution in [2.75, 3.05) is 13.1 Å². The van der Waals surface area contributed by atoms with E-state index in [2.05, 4.69) is 5.32 Å². The van der Waals surface area contributed by atoms with Crippen LogP contribution in [0.2, 0.25) is 0 Å². The number of carbonyl (C=O) groups excluding carboxylic acids is 1. The second-order valence-corrected chi connectivity index (χ2v) is 6.04. The first-order valence-corrected chi connectivity index (χ1v) is 7.53. The van der Waals surface area contributed by atoms with E-state index >= 15 is 0 Å². The molecule has 0 aliphatic carbocycles. The zero-order valence-corrected chi connectivity index (χ0v) is 12.9. The van der Waals surface area contributed by atoms with Crippen LogP contribution >= 0.6 is 0 Å². The van der Waals surface area contributed by atoms with Gasteiger partial charge in [-0.1, -0.05) is 0 Å². The molecule has 122 valence electrons. The highest BCUT2D eigenvalue weighted by Crippen LogP contribution is 2.33. The number of amides is 1. The van der Waals surface area contributed by atoms with Crippen LogP contribution in [0.15, 0.2) is 18.2 Å². The molecule has 2 atom stereocenters. The topological polar surface area (TPSA) is 52.6 Å². The van der Waals surface area contributed by atoms with Crippen molar-refractivity contribution in [1.82, 2.24) is 10.2 Å². The Kier molecular flexibility index (Phi) is 5.47. The Hall–Kier alpha value is -1.53. The fourth-order valence-corrected chi connectivity index (χ4v) is 2.86. The third-order valence-electron chi connectivity index (χ3n) is 3.77. The number of carbonyl (C=O) groups is 1. The average Bonchev–Trinajstić information content (AvgIpc) is 2.79. The lowest BCUT2D eigenvalue weighted by molar-refractivity contribution is -0.122. The summed E-state index contributed by atoms with van der Waals surface area (Å²) in [4.78, 5) is 13.6. The predicted octanol–water partition coefficient (Wildman–Crippen LogP) is 1.99. The van der Waals surface area contributed by atoms with Gasteiger partial charge in [-0.25, -0.2) is 8.78 Å². The molecular formula is C16H22F2N2O2. The van der Waals surface area contributed by atoms with Crippen molar-refractivity contribution in [1.29, 1.82) is 0 Å². The maximum atomic E-state index is 13.9. The van der Waals surface area contributed by atoms with Gasteiger partial charge < -0.3 is 10.4 Å². The first-order valence-electron chi connectivity index (χ1n) is 7.53. The average molecular weight is 312 g/mol. The molecule has 1 aromatic carbocycles. The molecule has 2 N–H and O–H groups in total. The fourth-order valence-electron chi connectivity index (χ4n) is 2.86. The van der Waals surface area contributed by atoms with Gasteiger partial charge >= 0.3 is 0 Å². The lowest BCUT2D eigenvalue weighted by atomic mass is 10.0. The Bertz CT molecular complexity index is 537. The first-order chi connectivity index (χ1) is 10.4. The van der Waals surface area contributed by atoms with E-state index in [1.54, 1.807) is 0 Å². The Morgan fingerprint density at radius 2 is 2.18 bits per heavy atom. The molecule has 2 unspecified atom stereocenters. The minimum atomic E-state index is -0.596. The summed E-state index contributed by atoms with van der Waals surface area (Å²) in [5.74, 6) is -1.08. The lowest BCUT2D eigenvalue weighted by Gasteiger charge is -2.24. The third-order valence-corrected chi connectivity index (χ3v) is 3.77. The van der Waals surface area contributed by atoms with Crippen LogP contribution in [0.3, 0.4) is 0 Å². The summed E-state index contributed by atoms with van der Waals surface area (Å²) in [6.07, 6.45) is 0.00524. The number of halogens is 2. The highest BCUT2D eigenvalue weighted by molar-refractivity contribution is 5.76. The molecular weight excluding hydrogens is 290 g/mol. The standard InChI is InChI=1S/C16H22F2N2O2/c1-10(2)19-16(22)5-6-20-9-12(21)8-15(20)13-7-11(17)3-4-14(13)18/h3-4,7,10,12,15,21H,5-6,8-9H2,1-2H3,(H,19,22). The molecule has 1 aromatic rings. The third kappa shape index (κ3) is 4.24. The second-order valence-electron chi connectivity index (χ2n) is 6.04. The monoisotopic (exact) mass is 312 g/mol. The summed E-state index contributed by atoms with van der Waals surface area (Å²) >= 11 is 0. The predicted molar refractivity (Wildman–Crippen MR) is 79.2 cm³/mol. The number of aliphatic hydroxyl groups excluding tert-OH is 1. The quantitative estimate of drug-likeness (QED) is 0.874. The van der Waals surface area contributed by atoms with Crippen molar-refractivity contribution in [3.8, 4) is 0 Å². The van der Waals surface area contributed by atoms with Crippen LogP contribution in [-0.2, 0) is 4.79 Å². The summed E-state index contributed by atoms with van der Waals surface area (Å²) < 4.78 is 27.3. The van der Waals surface area contributed by atoms with E-state index in [-0.39, 0.29) is 23.9 Å². The molecule has 1 aliphatic rings. The second kappa shape index (κ2) is 7.15. The van der Waals surface area contributed by atoms with Crippen LogP contribution in [0, 0.1) is 11.6 Å². The minimum Gasteiger partial charge on any atom is -0.392 e. The molecule has 1 aliphatic heterocycles. The molecule has 0 saturated carbocycles. The van der Waals surface area contributed by atoms with Crippen LogP contribution in [0.1, 0.15) is 38.3 Å². The molecule has 22 heavy (non-hydrogen) atoms. The number of β-amino-alcohol motifs (C(OH)–C–C–N with tert-alkyl or cyclic N) is 1. The van der Waals surface area contributed by atoms with Gasteiger partial charge in [0.25, 0.3) is 0 Å². The molecule has 2 rings (SSSR count). The molecule has 0 radical (unpaired) electrons. The van der Waals surface area contributed by atoms with Gasteiger partial charge in [0, 0.05) is 37.2 Å². The maximum absolute atomic E-state index is 13.9. The summed E-state index contributed by atoms with van der Waals surface area (Å²) in [5.41, 5.74) is 0.237. The van der Waals surface area contributed by atoms with Gasteiger partial charge in [0.1, 0.15) is 11.6 Å². The van der Waals surface area contributed by atoms with Crippen LogP contribution in [-0.4, -0.2) is 41.1 Å². The summed E-state index contributed by atoms with van der Waals surface area (Å²) in [6, 6.07) is 2.99. The van der Waals surface area contributed by atoms with Crippen LogP contribution in [0.5, 0.6) is 0 Å². The van der Waals surface area contributed by atoms with E-state index in [1.807, 2.05) is 18.7 Å². The van der Waals surface area contributed by atoms with Gasteiger partial charge in [-0.3, -0.25) is 9.69 Å². The Balaban J connectivity index is 2.06. The first kappa shape index (κ1) is 16.8. The van der Waals surface area contributed by atoms with Gasteiger partial charge in [0.15, 0.2) is 0 Å². The Morgan fingerprint density at radius 1 is 1.45 bits per heavy atom. The van der Waals surface area contributed by atoms with Crippen LogP contribution in [0.4, 0.5) is 8.78 Å². The van der Waals surface area contributed by atoms with E-state index in [4.69, 9.17) is 0 Å². The molecule has 0 bridgehead atoms. The molecule has 1 amide bonds. The summed E-state index contributed by atoms with van der Waals surface area (Å²) in [7, 11) is 0. The number of nitrogens with one attached hydrogen (secondary N) is 1. The Morgan fingerprint density at radius 3 is 2.86 bits per heavy atom. The van der Waals surface area contributed by atoms with E-state index < -0.39 is 23.8 Å². The van der Waals surface area contributed by atoms with Gasteiger partial charge in [-0.2, -0.15) is 0 Å². The summed E-state index contributed by atoms with van der Waals surface area (Å²) in [5, 5.41) is 12.6. The number of likely N-dealkylation sites (tertiary alicyclic amines) is 1. The van der Waals surface area contributed by atoms with Crippen molar-refractivity contribution >= 4 is 5.91 Å². The number of hydrogen-bond donors (Lipinski definition) is 2. The normalized spacial score (nSPS) is 22.3. The molecule has 1 heterocycles. The van der Waals surface area contributed by atoms with E-state index in [1.165, 1.54) is 6.07 Å². The van der Waals surface area contributed by atoms with Crippen molar-refractivity contribution < 1.29 is 18.7 Å². The number of benzene rings is 1. The molecule has 0 spiro atoms. The largest absolute Gasteiger partial charge is 0.392 e. The maximum Gasteiger partial charge on any atom is 0.221 e. The molecule has 1 saturated heterocycles. The molecule has 1 fully saturated rings. The van der Waals surface area contributed by atoms with Crippen molar-refractivity contribution in [2.45, 2.75) is 44.9 Å². The van der Waals surface area contributed by atoms with E-state index in [0.717, 1.165) is 12.1 Å². The highest BCUT2D eigenvalue weighted by atomic mass is 19.1. The number of rotatable bonds is 5. The van der Waals surface area contributed by atoms with Crippen molar-refractivity contribution in [3.63, 3.8) is 0 Å². The molecule has 4 nitrogen and oxygen atoms in total. The Labute approximate surface area is 129 Å².